The van der Waals surface area contributed by atoms with Crippen LogP contribution in [-0.2, 0) is 4.52 Å². The summed E-state index contributed by atoms with van der Waals surface area (Å²) in [6.07, 6.45) is 0. The summed E-state index contributed by atoms with van der Waals surface area (Å²) in [6, 6.07) is 24.7. The second-order valence-electron chi connectivity index (χ2n) is 9.43. The highest BCUT2D eigenvalue weighted by Gasteiger charge is 2.34. The molecule has 0 N–H and O–H groups in total. The van der Waals surface area contributed by atoms with Crippen LogP contribution in [0, 0.1) is 0 Å². The van der Waals surface area contributed by atoms with Crippen molar-refractivity contribution >= 4 is 18.0 Å². The maximum atomic E-state index is 6.76. The van der Waals surface area contributed by atoms with Gasteiger partial charge in [0.15, 0.2) is 8.45 Å². The molecular formula is C27H43N2OPSi. The molecule has 0 saturated carbocycles. The molecule has 0 heterocycles. The van der Waals surface area contributed by atoms with Gasteiger partial charge in [-0.25, -0.2) is 9.34 Å². The lowest BCUT2D eigenvalue weighted by Gasteiger charge is -2.45. The van der Waals surface area contributed by atoms with Gasteiger partial charge in [0.1, 0.15) is 0 Å². The van der Waals surface area contributed by atoms with Crippen LogP contribution in [-0.4, -0.2) is 49.6 Å². The molecule has 0 aliphatic heterocycles. The fraction of sp³-hybridized carbons (Fsp3) is 0.556. The second kappa shape index (κ2) is 13.6. The summed E-state index contributed by atoms with van der Waals surface area (Å²) in [4.78, 5) is 0. The molecule has 5 heteroatoms. The summed E-state index contributed by atoms with van der Waals surface area (Å²) < 4.78 is 11.9. The molecule has 2 aromatic rings. The lowest BCUT2D eigenvalue weighted by Crippen LogP contribution is -2.43. The van der Waals surface area contributed by atoms with Gasteiger partial charge in [-0.05, 0) is 78.1 Å². The first-order valence-corrected chi connectivity index (χ1v) is 14.5. The van der Waals surface area contributed by atoms with E-state index in [2.05, 4.69) is 125 Å². The summed E-state index contributed by atoms with van der Waals surface area (Å²) in [5.74, 6) is 0. The van der Waals surface area contributed by atoms with E-state index in [1.807, 2.05) is 0 Å². The normalized spacial score (nSPS) is 12.6. The summed E-state index contributed by atoms with van der Waals surface area (Å²) >= 11 is 0. The predicted octanol–water partition coefficient (Wildman–Crippen LogP) is 7.38. The van der Waals surface area contributed by atoms with E-state index < -0.39 is 8.45 Å². The summed E-state index contributed by atoms with van der Waals surface area (Å²) in [5, 5.41) is 0. The Hall–Kier alpha value is -1.03. The summed E-state index contributed by atoms with van der Waals surface area (Å²) in [5.41, 5.74) is 3.23. The molecule has 0 saturated heterocycles. The second-order valence-corrected chi connectivity index (χ2v) is 12.6. The van der Waals surface area contributed by atoms with Crippen LogP contribution in [0.1, 0.15) is 72.1 Å². The number of hydrogen-bond donors (Lipinski definition) is 0. The Balaban J connectivity index is 2.14. The van der Waals surface area contributed by atoms with E-state index in [1.165, 1.54) is 11.1 Å². The van der Waals surface area contributed by atoms with Crippen molar-refractivity contribution in [2.45, 2.75) is 91.1 Å². The highest BCUT2D eigenvalue weighted by molar-refractivity contribution is 7.47. The molecule has 0 amide bonds. The van der Waals surface area contributed by atoms with Crippen molar-refractivity contribution in [2.24, 2.45) is 0 Å². The zero-order valence-corrected chi connectivity index (χ0v) is 23.2. The Morgan fingerprint density at radius 1 is 0.656 bits per heavy atom. The lowest BCUT2D eigenvalue weighted by atomic mass is 10.0. The average Bonchev–Trinajstić information content (AvgIpc) is 2.73. The Labute approximate surface area is 201 Å². The maximum absolute atomic E-state index is 6.76. The molecule has 0 spiro atoms. The van der Waals surface area contributed by atoms with Crippen molar-refractivity contribution in [3.05, 3.63) is 71.8 Å². The molecule has 0 unspecified atom stereocenters. The van der Waals surface area contributed by atoms with Crippen LogP contribution in [0.15, 0.2) is 60.7 Å². The average molecular weight is 471 g/mol. The molecule has 2 rings (SSSR count). The van der Waals surface area contributed by atoms with Gasteiger partial charge in [0.2, 0.25) is 0 Å². The summed E-state index contributed by atoms with van der Waals surface area (Å²) in [7, 11) is -0.0223. The van der Waals surface area contributed by atoms with Gasteiger partial charge < -0.3 is 4.52 Å². The molecule has 0 atom stereocenters. The highest BCUT2D eigenvalue weighted by atomic mass is 31.2. The fourth-order valence-corrected chi connectivity index (χ4v) is 8.16. The SMILES string of the molecule is CC(C)N(C(C)C)P(OCC[Si]C(c1ccccc1)c1ccccc1)N(C(C)C)C(C)C. The van der Waals surface area contributed by atoms with Crippen molar-refractivity contribution in [3.63, 3.8) is 0 Å². The van der Waals surface area contributed by atoms with Gasteiger partial charge in [-0.1, -0.05) is 60.7 Å². The van der Waals surface area contributed by atoms with E-state index in [0.29, 0.717) is 29.7 Å². The first-order chi connectivity index (χ1) is 15.2. The van der Waals surface area contributed by atoms with Crippen LogP contribution >= 0.6 is 8.45 Å². The molecule has 0 bridgehead atoms. The first kappa shape index (κ1) is 27.2. The number of benzene rings is 2. The third kappa shape index (κ3) is 7.78. The third-order valence-electron chi connectivity index (χ3n) is 5.43. The fourth-order valence-electron chi connectivity index (χ4n) is 4.29. The zero-order valence-electron chi connectivity index (χ0n) is 21.3. The molecule has 3 nitrogen and oxygen atoms in total. The number of rotatable bonds is 13. The molecule has 2 aromatic carbocycles. The first-order valence-electron chi connectivity index (χ1n) is 12.1. The molecule has 0 fully saturated rings. The quantitative estimate of drug-likeness (QED) is 0.173. The highest BCUT2D eigenvalue weighted by Crippen LogP contribution is 2.50. The van der Waals surface area contributed by atoms with E-state index >= 15 is 0 Å². The Kier molecular flexibility index (Phi) is 11.6. The number of hydrogen-bond acceptors (Lipinski definition) is 3. The van der Waals surface area contributed by atoms with Crippen molar-refractivity contribution in [2.75, 3.05) is 6.61 Å². The maximum Gasteiger partial charge on any atom is 0.188 e. The topological polar surface area (TPSA) is 15.7 Å². The molecule has 2 radical (unpaired) electrons. The third-order valence-corrected chi connectivity index (χ3v) is 10.1. The Morgan fingerprint density at radius 2 is 1.03 bits per heavy atom. The van der Waals surface area contributed by atoms with Gasteiger partial charge in [0.05, 0.1) is 16.1 Å². The van der Waals surface area contributed by atoms with Gasteiger partial charge in [-0.15, -0.1) is 0 Å². The van der Waals surface area contributed by atoms with E-state index in [0.717, 1.165) is 22.2 Å². The van der Waals surface area contributed by atoms with Crippen LogP contribution < -0.4 is 0 Å². The van der Waals surface area contributed by atoms with Crippen LogP contribution in [0.3, 0.4) is 0 Å². The van der Waals surface area contributed by atoms with Crippen LogP contribution in [0.5, 0.6) is 0 Å². The molecule has 32 heavy (non-hydrogen) atoms. The minimum atomic E-state index is -0.814. The van der Waals surface area contributed by atoms with Gasteiger partial charge in [-0.2, -0.15) is 0 Å². The zero-order chi connectivity index (χ0) is 23.7. The van der Waals surface area contributed by atoms with Crippen molar-refractivity contribution in [1.29, 1.82) is 0 Å². The molecule has 0 aliphatic carbocycles. The van der Waals surface area contributed by atoms with Crippen LogP contribution in [0.4, 0.5) is 0 Å². The molecule has 0 aromatic heterocycles. The lowest BCUT2D eigenvalue weighted by molar-refractivity contribution is 0.191. The van der Waals surface area contributed by atoms with Crippen molar-refractivity contribution < 1.29 is 4.52 Å². The van der Waals surface area contributed by atoms with Crippen LogP contribution in [0.25, 0.3) is 0 Å². The van der Waals surface area contributed by atoms with Crippen molar-refractivity contribution in [1.82, 2.24) is 9.34 Å². The minimum absolute atomic E-state index is 0.435. The smallest absolute Gasteiger partial charge is 0.188 e. The van der Waals surface area contributed by atoms with Crippen LogP contribution in [0.2, 0.25) is 6.04 Å². The van der Waals surface area contributed by atoms with Gasteiger partial charge in [0.25, 0.3) is 0 Å². The van der Waals surface area contributed by atoms with E-state index in [9.17, 15) is 0 Å². The Bertz CT molecular complexity index is 679. The monoisotopic (exact) mass is 470 g/mol. The predicted molar refractivity (Wildman–Crippen MR) is 142 cm³/mol. The largest absolute Gasteiger partial charge is 0.332 e. The Morgan fingerprint density at radius 3 is 1.38 bits per heavy atom. The number of nitrogens with zero attached hydrogens (tertiary/aromatic N) is 2. The van der Waals surface area contributed by atoms with Gasteiger partial charge >= 0.3 is 0 Å². The minimum Gasteiger partial charge on any atom is -0.332 e. The standard InChI is InChI=1S/C27H43N2OPSi/c1-21(2)28(22(3)4)31(29(23(5)6)24(7)8)30-19-20-32-27(25-15-11-9-12-16-25)26-17-13-10-14-18-26/h9-18,21-24,27H,19-20H2,1-8H3. The van der Waals surface area contributed by atoms with Crippen molar-refractivity contribution in [3.8, 4) is 0 Å². The van der Waals surface area contributed by atoms with Gasteiger partial charge in [-0.3, -0.25) is 0 Å². The van der Waals surface area contributed by atoms with E-state index in [-0.39, 0.29) is 0 Å². The molecular weight excluding hydrogens is 427 g/mol. The molecule has 176 valence electrons. The summed E-state index contributed by atoms with van der Waals surface area (Å²) in [6.45, 7) is 19.1. The van der Waals surface area contributed by atoms with E-state index in [1.54, 1.807) is 0 Å². The van der Waals surface area contributed by atoms with Gasteiger partial charge in [0, 0.05) is 24.2 Å². The van der Waals surface area contributed by atoms with E-state index in [4.69, 9.17) is 4.52 Å². The molecule has 0 aliphatic rings.